The Kier molecular flexibility index (Phi) is 4.59. The summed E-state index contributed by atoms with van der Waals surface area (Å²) in [4.78, 5) is 31.3. The fourth-order valence-electron chi connectivity index (χ4n) is 3.84. The molecular weight excluding hydrogens is 396 g/mol. The van der Waals surface area contributed by atoms with Gasteiger partial charge in [-0.25, -0.2) is 4.79 Å². The largest absolute Gasteiger partial charge is 0.463 e. The molecule has 5 rings (SSSR count). The SMILES string of the molecule is CCOC(=O)c1ccc(N2C(=O)c3n[nH]c(-c4ccco4)c3C2c2cccnc2)cc1. The van der Waals surface area contributed by atoms with Gasteiger partial charge >= 0.3 is 5.97 Å². The average molecular weight is 414 g/mol. The van der Waals surface area contributed by atoms with Crippen molar-refractivity contribution >= 4 is 17.6 Å². The second-order valence-corrected chi connectivity index (χ2v) is 6.97. The molecule has 1 aromatic carbocycles. The smallest absolute Gasteiger partial charge is 0.338 e. The summed E-state index contributed by atoms with van der Waals surface area (Å²) in [5.41, 5.74) is 3.59. The van der Waals surface area contributed by atoms with Gasteiger partial charge in [-0.15, -0.1) is 0 Å². The Hall–Kier alpha value is -4.20. The molecule has 0 radical (unpaired) electrons. The predicted molar refractivity (Wildman–Crippen MR) is 112 cm³/mol. The van der Waals surface area contributed by atoms with Crippen molar-refractivity contribution in [2.45, 2.75) is 13.0 Å². The summed E-state index contributed by atoms with van der Waals surface area (Å²) in [5, 5.41) is 7.23. The Bertz CT molecular complexity index is 1230. The van der Waals surface area contributed by atoms with Crippen LogP contribution in [0.4, 0.5) is 5.69 Å². The van der Waals surface area contributed by atoms with E-state index in [1.54, 1.807) is 60.8 Å². The van der Waals surface area contributed by atoms with Crippen molar-refractivity contribution in [3.63, 3.8) is 0 Å². The molecule has 8 heteroatoms. The number of carbonyl (C=O) groups excluding carboxylic acids is 2. The van der Waals surface area contributed by atoms with Gasteiger partial charge in [-0.05, 0) is 55.0 Å². The number of hydrogen-bond acceptors (Lipinski definition) is 6. The normalized spacial score (nSPS) is 15.2. The zero-order valence-electron chi connectivity index (χ0n) is 16.6. The van der Waals surface area contributed by atoms with E-state index in [9.17, 15) is 9.59 Å². The summed E-state index contributed by atoms with van der Waals surface area (Å²) in [7, 11) is 0. The molecule has 0 saturated heterocycles. The van der Waals surface area contributed by atoms with E-state index in [4.69, 9.17) is 9.15 Å². The highest BCUT2D eigenvalue weighted by Gasteiger charge is 2.44. The topological polar surface area (TPSA) is 101 Å². The molecule has 1 aliphatic heterocycles. The van der Waals surface area contributed by atoms with E-state index in [1.807, 2.05) is 18.2 Å². The lowest BCUT2D eigenvalue weighted by atomic mass is 9.99. The number of esters is 1. The lowest BCUT2D eigenvalue weighted by Gasteiger charge is -2.26. The van der Waals surface area contributed by atoms with Crippen LogP contribution in [0.1, 0.15) is 44.9 Å². The zero-order valence-corrected chi connectivity index (χ0v) is 16.6. The quantitative estimate of drug-likeness (QED) is 0.496. The number of benzene rings is 1. The van der Waals surface area contributed by atoms with Gasteiger partial charge in [0.25, 0.3) is 5.91 Å². The molecule has 1 N–H and O–H groups in total. The highest BCUT2D eigenvalue weighted by molar-refractivity contribution is 6.11. The maximum Gasteiger partial charge on any atom is 0.338 e. The van der Waals surface area contributed by atoms with Gasteiger partial charge < -0.3 is 9.15 Å². The van der Waals surface area contributed by atoms with Crippen molar-refractivity contribution in [1.82, 2.24) is 15.2 Å². The Morgan fingerprint density at radius 2 is 2.03 bits per heavy atom. The number of aromatic amines is 1. The van der Waals surface area contributed by atoms with Crippen molar-refractivity contribution in [2.24, 2.45) is 0 Å². The Morgan fingerprint density at radius 1 is 1.19 bits per heavy atom. The summed E-state index contributed by atoms with van der Waals surface area (Å²) >= 11 is 0. The number of fused-ring (bicyclic) bond motifs is 1. The van der Waals surface area contributed by atoms with Crippen LogP contribution < -0.4 is 4.90 Å². The van der Waals surface area contributed by atoms with Crippen LogP contribution >= 0.6 is 0 Å². The molecule has 154 valence electrons. The van der Waals surface area contributed by atoms with E-state index in [-0.39, 0.29) is 5.91 Å². The molecule has 3 aromatic heterocycles. The molecule has 8 nitrogen and oxygen atoms in total. The molecule has 31 heavy (non-hydrogen) atoms. The summed E-state index contributed by atoms with van der Waals surface area (Å²) in [5.74, 6) is -0.0596. The number of aromatic nitrogens is 3. The van der Waals surface area contributed by atoms with E-state index in [0.29, 0.717) is 35.0 Å². The maximum absolute atomic E-state index is 13.4. The fourth-order valence-corrected chi connectivity index (χ4v) is 3.84. The second-order valence-electron chi connectivity index (χ2n) is 6.97. The number of ether oxygens (including phenoxy) is 1. The average Bonchev–Trinajstić information content (AvgIpc) is 3.52. The number of pyridine rings is 1. The Balaban J connectivity index is 1.62. The van der Waals surface area contributed by atoms with Crippen LogP contribution in [0.2, 0.25) is 0 Å². The summed E-state index contributed by atoms with van der Waals surface area (Å²) in [6.07, 6.45) is 4.98. The number of amides is 1. The minimum absolute atomic E-state index is 0.248. The zero-order chi connectivity index (χ0) is 21.4. The van der Waals surface area contributed by atoms with Crippen LogP contribution in [0, 0.1) is 0 Å². The third kappa shape index (κ3) is 3.09. The number of carbonyl (C=O) groups is 2. The van der Waals surface area contributed by atoms with Crippen molar-refractivity contribution in [3.8, 4) is 11.5 Å². The summed E-state index contributed by atoms with van der Waals surface area (Å²) in [6.45, 7) is 2.05. The minimum Gasteiger partial charge on any atom is -0.463 e. The number of rotatable bonds is 5. The molecule has 4 aromatic rings. The second kappa shape index (κ2) is 7.56. The molecule has 1 aliphatic rings. The maximum atomic E-state index is 13.4. The van der Waals surface area contributed by atoms with E-state index in [1.165, 1.54) is 0 Å². The first-order valence-electron chi connectivity index (χ1n) is 9.82. The number of H-pyrrole nitrogens is 1. The lowest BCUT2D eigenvalue weighted by molar-refractivity contribution is 0.0526. The lowest BCUT2D eigenvalue weighted by Crippen LogP contribution is -2.29. The number of hydrogen-bond donors (Lipinski definition) is 1. The van der Waals surface area contributed by atoms with Crippen molar-refractivity contribution < 1.29 is 18.7 Å². The number of anilines is 1. The number of nitrogens with one attached hydrogen (secondary N) is 1. The molecule has 1 unspecified atom stereocenters. The van der Waals surface area contributed by atoms with Crippen LogP contribution in [-0.2, 0) is 4.74 Å². The van der Waals surface area contributed by atoms with Crippen LogP contribution in [0.5, 0.6) is 0 Å². The van der Waals surface area contributed by atoms with Crippen LogP contribution in [0.3, 0.4) is 0 Å². The van der Waals surface area contributed by atoms with Gasteiger partial charge in [-0.2, -0.15) is 5.10 Å². The molecule has 0 aliphatic carbocycles. The van der Waals surface area contributed by atoms with Crippen molar-refractivity contribution in [3.05, 3.63) is 89.6 Å². The predicted octanol–water partition coefficient (Wildman–Crippen LogP) is 3.99. The van der Waals surface area contributed by atoms with Gasteiger partial charge in [-0.3, -0.25) is 19.8 Å². The minimum atomic E-state index is -0.455. The van der Waals surface area contributed by atoms with Crippen LogP contribution in [0.25, 0.3) is 11.5 Å². The number of nitrogens with zero attached hydrogens (tertiary/aromatic N) is 3. The van der Waals surface area contributed by atoms with E-state index < -0.39 is 12.0 Å². The van der Waals surface area contributed by atoms with Crippen molar-refractivity contribution in [1.29, 1.82) is 0 Å². The highest BCUT2D eigenvalue weighted by atomic mass is 16.5. The van der Waals surface area contributed by atoms with E-state index in [2.05, 4.69) is 15.2 Å². The molecule has 0 saturated carbocycles. The monoisotopic (exact) mass is 414 g/mol. The van der Waals surface area contributed by atoms with E-state index >= 15 is 0 Å². The molecule has 0 bridgehead atoms. The fraction of sp³-hybridized carbons (Fsp3) is 0.130. The van der Waals surface area contributed by atoms with E-state index in [0.717, 1.165) is 11.1 Å². The van der Waals surface area contributed by atoms with Crippen molar-refractivity contribution in [2.75, 3.05) is 11.5 Å². The Labute approximate surface area is 177 Å². The standard InChI is InChI=1S/C23H18N4O4/c1-2-30-23(29)14-7-9-16(10-8-14)27-21(15-5-3-11-24-13-15)18-19(17-6-4-12-31-17)25-26-20(18)22(27)28/h3-13,21H,2H2,1H3,(H,25,26). The van der Waals surface area contributed by atoms with Gasteiger partial charge in [0.2, 0.25) is 0 Å². The molecule has 0 spiro atoms. The molecule has 1 amide bonds. The molecule has 1 atom stereocenters. The third-order valence-corrected chi connectivity index (χ3v) is 5.18. The first-order chi connectivity index (χ1) is 15.2. The van der Waals surface area contributed by atoms with Gasteiger partial charge in [-0.1, -0.05) is 6.07 Å². The number of furan rings is 1. The van der Waals surface area contributed by atoms with Gasteiger partial charge in [0.15, 0.2) is 11.5 Å². The molecule has 0 fully saturated rings. The third-order valence-electron chi connectivity index (χ3n) is 5.18. The molecule has 4 heterocycles. The first kappa shape index (κ1) is 18.8. The summed E-state index contributed by atoms with van der Waals surface area (Å²) in [6, 6.07) is 13.6. The first-order valence-corrected chi connectivity index (χ1v) is 9.82. The summed E-state index contributed by atoms with van der Waals surface area (Å²) < 4.78 is 10.6. The van der Waals surface area contributed by atoms with Gasteiger partial charge in [0, 0.05) is 23.6 Å². The Morgan fingerprint density at radius 3 is 2.71 bits per heavy atom. The van der Waals surface area contributed by atoms with Gasteiger partial charge in [0.1, 0.15) is 5.69 Å². The van der Waals surface area contributed by atoms with Crippen LogP contribution in [0.15, 0.2) is 71.6 Å². The highest BCUT2D eigenvalue weighted by Crippen LogP contribution is 2.44. The van der Waals surface area contributed by atoms with Gasteiger partial charge in [0.05, 0.1) is 24.5 Å². The van der Waals surface area contributed by atoms with Crippen LogP contribution in [-0.4, -0.2) is 33.7 Å². The molecular formula is C23H18N4O4.